The molecule has 17 rings (SSSR count). The Hall–Kier alpha value is -9.33. The van der Waals surface area contributed by atoms with E-state index in [0.717, 1.165) is 60.5 Å². The molecule has 11 aromatic carbocycles. The van der Waals surface area contributed by atoms with Crippen molar-refractivity contribution in [2.75, 3.05) is 0 Å². The summed E-state index contributed by atoms with van der Waals surface area (Å²) in [7, 11) is 0. The van der Waals surface area contributed by atoms with E-state index in [1.165, 1.54) is 85.2 Å². The number of fused-ring (bicyclic) bond motifs is 19. The van der Waals surface area contributed by atoms with Gasteiger partial charge in [-0.3, -0.25) is 0 Å². The van der Waals surface area contributed by atoms with Crippen LogP contribution in [0.15, 0.2) is 241 Å². The van der Waals surface area contributed by atoms with Gasteiger partial charge in [-0.05, 0) is 115 Å². The van der Waals surface area contributed by atoms with Gasteiger partial charge in [0.15, 0.2) is 17.5 Å². The third-order valence-corrected chi connectivity index (χ3v) is 18.5. The summed E-state index contributed by atoms with van der Waals surface area (Å²) >= 11 is 3.60. The maximum atomic E-state index is 6.67. The van der Waals surface area contributed by atoms with Crippen molar-refractivity contribution >= 4 is 85.0 Å². The largest absolute Gasteiger partial charge is 0.456 e. The highest BCUT2D eigenvalue weighted by molar-refractivity contribution is 7.26. The lowest BCUT2D eigenvalue weighted by Gasteiger charge is -2.30. The Labute approximate surface area is 444 Å². The normalized spacial score (nSPS) is 13.1. The molecule has 76 heavy (non-hydrogen) atoms. The molecule has 4 heterocycles. The molecule has 0 bridgehead atoms. The van der Waals surface area contributed by atoms with Crippen LogP contribution in [0.3, 0.4) is 0 Å². The van der Waals surface area contributed by atoms with Gasteiger partial charge in [-0.1, -0.05) is 188 Å². The molecule has 0 fully saturated rings. The molecule has 352 valence electrons. The summed E-state index contributed by atoms with van der Waals surface area (Å²) in [6.45, 7) is 0. The zero-order chi connectivity index (χ0) is 49.6. The van der Waals surface area contributed by atoms with Crippen molar-refractivity contribution in [1.29, 1.82) is 0 Å². The lowest BCUT2D eigenvalue weighted by atomic mass is 9.70. The Morgan fingerprint density at radius 1 is 0.276 bits per heavy atom. The zero-order valence-corrected chi connectivity index (χ0v) is 42.2. The molecule has 0 atom stereocenters. The first kappa shape index (κ1) is 42.1. The van der Waals surface area contributed by atoms with Crippen LogP contribution in [0, 0.1) is 0 Å². The lowest BCUT2D eigenvalue weighted by molar-refractivity contribution is 0.669. The fraction of sp³-hybridized carbons (Fsp3) is 0.0143. The Morgan fingerprint density at radius 3 is 1.25 bits per heavy atom. The van der Waals surface area contributed by atoms with Gasteiger partial charge in [0.05, 0.1) is 5.41 Å². The average Bonchev–Trinajstić information content (AvgIpc) is 4.47. The highest BCUT2D eigenvalue weighted by Gasteiger charge is 2.51. The van der Waals surface area contributed by atoms with E-state index in [2.05, 4.69) is 224 Å². The van der Waals surface area contributed by atoms with E-state index in [0.29, 0.717) is 17.5 Å². The van der Waals surface area contributed by atoms with Crippen LogP contribution in [0.25, 0.3) is 141 Å². The van der Waals surface area contributed by atoms with Gasteiger partial charge in [-0.15, -0.1) is 22.7 Å². The van der Waals surface area contributed by atoms with Crippen LogP contribution in [0.2, 0.25) is 0 Å². The van der Waals surface area contributed by atoms with Gasteiger partial charge in [-0.2, -0.15) is 0 Å². The van der Waals surface area contributed by atoms with E-state index < -0.39 is 0 Å². The summed E-state index contributed by atoms with van der Waals surface area (Å²) in [5, 5.41) is 6.69. The van der Waals surface area contributed by atoms with Gasteiger partial charge in [0, 0.05) is 67.8 Å². The van der Waals surface area contributed by atoms with Crippen molar-refractivity contribution in [3.8, 4) is 78.7 Å². The van der Waals surface area contributed by atoms with Crippen LogP contribution in [0.5, 0.6) is 0 Å². The van der Waals surface area contributed by atoms with E-state index in [-0.39, 0.29) is 5.41 Å². The number of furan rings is 1. The van der Waals surface area contributed by atoms with Crippen molar-refractivity contribution in [2.24, 2.45) is 0 Å². The molecule has 0 saturated carbocycles. The van der Waals surface area contributed by atoms with Gasteiger partial charge in [-0.25, -0.2) is 15.0 Å². The van der Waals surface area contributed by atoms with Gasteiger partial charge < -0.3 is 4.42 Å². The van der Waals surface area contributed by atoms with E-state index in [1.54, 1.807) is 22.7 Å². The summed E-state index contributed by atoms with van der Waals surface area (Å²) in [5.41, 5.74) is 19.3. The standard InChI is InChI=1S/C70H39N3OS2/c1-6-22-54-44(14-1)45-15-2-7-23-55(45)70(54)56-24-8-3-16-46(56)52-38-42(34-36-57(52)70)40-30-32-41(33-31-40)43-35-37-58-53(39-43)64-49(19-11-25-59(64)74-58)67-71-68(50-20-12-28-62-65(50)47-17-4-9-26-60(47)75-62)73-69(72-67)51-21-13-29-63-66(51)48-18-5-10-27-61(48)76-63/h1-39H. The highest BCUT2D eigenvalue weighted by Crippen LogP contribution is 2.63. The average molecular weight is 1000 g/mol. The van der Waals surface area contributed by atoms with Crippen LogP contribution in [-0.4, -0.2) is 15.0 Å². The first-order chi connectivity index (χ1) is 37.7. The summed E-state index contributed by atoms with van der Waals surface area (Å²) in [5.74, 6) is 1.87. The minimum atomic E-state index is -0.354. The number of hydrogen-bond donors (Lipinski definition) is 0. The molecule has 6 heteroatoms. The summed E-state index contributed by atoms with van der Waals surface area (Å²) in [6.07, 6.45) is 0. The molecule has 4 nitrogen and oxygen atoms in total. The monoisotopic (exact) mass is 1000 g/mol. The molecular weight excluding hydrogens is 963 g/mol. The Balaban J connectivity index is 0.796. The van der Waals surface area contributed by atoms with E-state index in [4.69, 9.17) is 19.4 Å². The molecule has 0 unspecified atom stereocenters. The highest BCUT2D eigenvalue weighted by atomic mass is 32.1. The van der Waals surface area contributed by atoms with Crippen molar-refractivity contribution in [1.82, 2.24) is 15.0 Å². The number of rotatable bonds is 5. The predicted octanol–water partition coefficient (Wildman–Crippen LogP) is 19.2. The van der Waals surface area contributed by atoms with Gasteiger partial charge in [0.25, 0.3) is 0 Å². The summed E-state index contributed by atoms with van der Waals surface area (Å²) in [6, 6.07) is 86.1. The lowest BCUT2D eigenvalue weighted by Crippen LogP contribution is -2.25. The molecule has 0 amide bonds. The second-order valence-corrected chi connectivity index (χ2v) is 22.2. The number of thiophene rings is 2. The minimum Gasteiger partial charge on any atom is -0.456 e. The first-order valence-electron chi connectivity index (χ1n) is 25.7. The third-order valence-electron chi connectivity index (χ3n) is 16.2. The topological polar surface area (TPSA) is 51.8 Å². The molecule has 15 aromatic rings. The SMILES string of the molecule is c1ccc2c(c1)-c1ccccc1C21c2ccccc2-c2cc(-c3ccc(-c4ccc5oc6cccc(-c7nc(-c8cccc9sc%10ccccc%10c89)nc(-c8cccc9sc%10ccccc%10c89)n7)c6c5c4)cc3)ccc21. The van der Waals surface area contributed by atoms with Crippen LogP contribution in [0.4, 0.5) is 0 Å². The van der Waals surface area contributed by atoms with Crippen molar-refractivity contribution in [3.63, 3.8) is 0 Å². The van der Waals surface area contributed by atoms with E-state index in [9.17, 15) is 0 Å². The molecule has 0 N–H and O–H groups in total. The number of aromatic nitrogens is 3. The van der Waals surface area contributed by atoms with Crippen molar-refractivity contribution < 1.29 is 4.42 Å². The molecule has 2 aliphatic carbocycles. The number of nitrogens with zero attached hydrogens (tertiary/aromatic N) is 3. The molecule has 1 spiro atoms. The van der Waals surface area contributed by atoms with Gasteiger partial charge in [0.2, 0.25) is 0 Å². The van der Waals surface area contributed by atoms with Crippen LogP contribution >= 0.6 is 22.7 Å². The summed E-state index contributed by atoms with van der Waals surface area (Å²) in [4.78, 5) is 16.3. The molecular formula is C70H39N3OS2. The maximum absolute atomic E-state index is 6.67. The van der Waals surface area contributed by atoms with Gasteiger partial charge >= 0.3 is 0 Å². The van der Waals surface area contributed by atoms with E-state index >= 15 is 0 Å². The third kappa shape index (κ3) is 5.85. The Kier molecular flexibility index (Phi) is 8.77. The quantitative estimate of drug-likeness (QED) is 0.172. The Morgan fingerprint density at radius 2 is 0.684 bits per heavy atom. The Bertz CT molecular complexity index is 4790. The van der Waals surface area contributed by atoms with Crippen molar-refractivity contribution in [3.05, 3.63) is 259 Å². The fourth-order valence-corrected chi connectivity index (χ4v) is 15.3. The summed E-state index contributed by atoms with van der Waals surface area (Å²) < 4.78 is 11.5. The molecule has 0 saturated heterocycles. The smallest absolute Gasteiger partial charge is 0.164 e. The van der Waals surface area contributed by atoms with E-state index in [1.807, 2.05) is 12.1 Å². The maximum Gasteiger partial charge on any atom is 0.164 e. The first-order valence-corrected chi connectivity index (χ1v) is 27.4. The second kappa shape index (κ2) is 15.8. The fourth-order valence-electron chi connectivity index (χ4n) is 13.0. The van der Waals surface area contributed by atoms with Crippen LogP contribution in [-0.2, 0) is 5.41 Å². The van der Waals surface area contributed by atoms with Crippen LogP contribution < -0.4 is 0 Å². The number of hydrogen-bond acceptors (Lipinski definition) is 6. The zero-order valence-electron chi connectivity index (χ0n) is 40.6. The second-order valence-electron chi connectivity index (χ2n) is 20.1. The van der Waals surface area contributed by atoms with Gasteiger partial charge in [0.1, 0.15) is 11.2 Å². The van der Waals surface area contributed by atoms with Crippen LogP contribution in [0.1, 0.15) is 22.3 Å². The molecule has 0 aliphatic heterocycles. The number of benzene rings is 11. The molecule has 0 radical (unpaired) electrons. The predicted molar refractivity (Wildman–Crippen MR) is 316 cm³/mol. The molecule has 4 aromatic heterocycles. The molecule has 2 aliphatic rings. The van der Waals surface area contributed by atoms with Crippen molar-refractivity contribution in [2.45, 2.75) is 5.41 Å². The minimum absolute atomic E-state index is 0.354.